The van der Waals surface area contributed by atoms with Crippen molar-refractivity contribution in [3.8, 4) is 0 Å². The molecule has 0 aliphatic heterocycles. The molecular weight excluding hydrogens is 544 g/mol. The summed E-state index contributed by atoms with van der Waals surface area (Å²) in [6.45, 7) is 7.52. The van der Waals surface area contributed by atoms with E-state index in [0.717, 1.165) is 11.1 Å². The van der Waals surface area contributed by atoms with Gasteiger partial charge < -0.3 is 20.1 Å². The summed E-state index contributed by atoms with van der Waals surface area (Å²) >= 11 is 0. The first kappa shape index (κ1) is 33.4. The molecule has 2 aromatic carbocycles. The molecule has 2 unspecified atom stereocenters. The molecule has 228 valence electrons. The number of rotatable bonds is 12. The Bertz CT molecular complexity index is 1070. The Balaban J connectivity index is 1.81. The van der Waals surface area contributed by atoms with Gasteiger partial charge in [0.2, 0.25) is 0 Å². The molecule has 0 spiro atoms. The summed E-state index contributed by atoms with van der Waals surface area (Å²) in [7, 11) is 0. The van der Waals surface area contributed by atoms with E-state index in [2.05, 4.69) is 32.3 Å². The lowest BCUT2D eigenvalue weighted by molar-refractivity contribution is -0.124. The number of amides is 6. The van der Waals surface area contributed by atoms with Crippen LogP contribution in [0.3, 0.4) is 0 Å². The number of alkyl carbamates (subject to hydrolysis) is 2. The van der Waals surface area contributed by atoms with Crippen LogP contribution in [-0.2, 0) is 32.3 Å². The number of ether oxygens (including phenoxy) is 2. The second-order valence-corrected chi connectivity index (χ2v) is 10.3. The third kappa shape index (κ3) is 13.5. The predicted octanol–water partition coefficient (Wildman–Crippen LogP) is 3.03. The number of hydrogen-bond acceptors (Lipinski definition) is 7. The van der Waals surface area contributed by atoms with Crippen LogP contribution in [0.2, 0.25) is 0 Å². The molecule has 13 heteroatoms. The first-order valence-corrected chi connectivity index (χ1v) is 13.6. The summed E-state index contributed by atoms with van der Waals surface area (Å²) in [5.74, 6) is -1.31. The van der Waals surface area contributed by atoms with Crippen molar-refractivity contribution in [3.63, 3.8) is 0 Å². The van der Waals surface area contributed by atoms with Crippen LogP contribution in [0.4, 0.5) is 14.4 Å². The van der Waals surface area contributed by atoms with Crippen molar-refractivity contribution in [1.29, 1.82) is 0 Å². The SMILES string of the molecule is CC(C)CC(NC(=O)OCc1ccccc1)C(=O)NNC(=O)NNC(=O)C(CC(C)C)NC(=O)OCc1ccccc1. The number of carbonyl (C=O) groups excluding carboxylic acids is 5. The second-order valence-electron chi connectivity index (χ2n) is 10.3. The van der Waals surface area contributed by atoms with Gasteiger partial charge >= 0.3 is 18.2 Å². The highest BCUT2D eigenvalue weighted by Crippen LogP contribution is 2.08. The zero-order valence-electron chi connectivity index (χ0n) is 24.3. The van der Waals surface area contributed by atoms with Crippen LogP contribution < -0.4 is 32.3 Å². The largest absolute Gasteiger partial charge is 0.445 e. The molecule has 6 amide bonds. The Labute approximate surface area is 245 Å². The van der Waals surface area contributed by atoms with Crippen LogP contribution in [-0.4, -0.2) is 42.1 Å². The van der Waals surface area contributed by atoms with Crippen LogP contribution in [0.1, 0.15) is 51.7 Å². The Kier molecular flexibility index (Phi) is 14.1. The maximum absolute atomic E-state index is 12.7. The summed E-state index contributed by atoms with van der Waals surface area (Å²) in [6, 6.07) is 15.2. The van der Waals surface area contributed by atoms with E-state index in [0.29, 0.717) is 0 Å². The molecular formula is C29H40N6O7. The smallest absolute Gasteiger partial charge is 0.408 e. The number of urea groups is 1. The Morgan fingerprint density at radius 1 is 0.571 bits per heavy atom. The zero-order valence-corrected chi connectivity index (χ0v) is 24.3. The van der Waals surface area contributed by atoms with Gasteiger partial charge in [-0.05, 0) is 35.8 Å². The topological polar surface area (TPSA) is 176 Å². The number of carbonyl (C=O) groups is 5. The molecule has 0 aliphatic carbocycles. The quantitative estimate of drug-likeness (QED) is 0.208. The fraction of sp³-hybridized carbons (Fsp3) is 0.414. The van der Waals surface area contributed by atoms with Crippen LogP contribution in [0.25, 0.3) is 0 Å². The Morgan fingerprint density at radius 3 is 1.26 bits per heavy atom. The van der Waals surface area contributed by atoms with Crippen LogP contribution in [0, 0.1) is 11.8 Å². The summed E-state index contributed by atoms with van der Waals surface area (Å²) in [5, 5.41) is 5.00. The average Bonchev–Trinajstić information content (AvgIpc) is 2.96. The van der Waals surface area contributed by atoms with E-state index in [4.69, 9.17) is 9.47 Å². The average molecular weight is 585 g/mol. The van der Waals surface area contributed by atoms with Crippen LogP contribution in [0.5, 0.6) is 0 Å². The van der Waals surface area contributed by atoms with Gasteiger partial charge in [-0.15, -0.1) is 0 Å². The minimum absolute atomic E-state index is 0.0282. The van der Waals surface area contributed by atoms with Gasteiger partial charge in [0, 0.05) is 0 Å². The maximum atomic E-state index is 12.7. The van der Waals surface area contributed by atoms with Gasteiger partial charge in [-0.1, -0.05) is 88.4 Å². The van der Waals surface area contributed by atoms with Crippen molar-refractivity contribution in [2.45, 2.75) is 65.8 Å². The first-order chi connectivity index (χ1) is 20.0. The van der Waals surface area contributed by atoms with E-state index in [1.807, 2.05) is 64.1 Å². The fourth-order valence-corrected chi connectivity index (χ4v) is 3.66. The van der Waals surface area contributed by atoms with E-state index >= 15 is 0 Å². The van der Waals surface area contributed by atoms with Crippen molar-refractivity contribution >= 4 is 30.0 Å². The molecule has 0 fully saturated rings. The number of benzene rings is 2. The van der Waals surface area contributed by atoms with Gasteiger partial charge in [0.05, 0.1) is 0 Å². The summed E-state index contributed by atoms with van der Waals surface area (Å²) in [5.41, 5.74) is 10.2. The minimum Gasteiger partial charge on any atom is -0.445 e. The highest BCUT2D eigenvalue weighted by Gasteiger charge is 2.25. The molecule has 13 nitrogen and oxygen atoms in total. The number of hydrogen-bond donors (Lipinski definition) is 6. The molecule has 42 heavy (non-hydrogen) atoms. The summed E-state index contributed by atoms with van der Waals surface area (Å²) < 4.78 is 10.4. The number of hydrazine groups is 2. The van der Waals surface area contributed by atoms with E-state index in [1.54, 1.807) is 24.3 Å². The monoisotopic (exact) mass is 584 g/mol. The van der Waals surface area contributed by atoms with E-state index in [9.17, 15) is 24.0 Å². The van der Waals surface area contributed by atoms with E-state index in [-0.39, 0.29) is 37.9 Å². The van der Waals surface area contributed by atoms with Crippen molar-refractivity contribution in [2.75, 3.05) is 0 Å². The number of nitrogens with one attached hydrogen (secondary N) is 6. The maximum Gasteiger partial charge on any atom is 0.408 e. The molecule has 0 heterocycles. The molecule has 0 aromatic heterocycles. The zero-order chi connectivity index (χ0) is 30.9. The van der Waals surface area contributed by atoms with Crippen LogP contribution >= 0.6 is 0 Å². The van der Waals surface area contributed by atoms with Crippen molar-refractivity contribution in [2.24, 2.45) is 11.8 Å². The summed E-state index contributed by atoms with van der Waals surface area (Å²) in [6.07, 6.45) is -1.03. The lowest BCUT2D eigenvalue weighted by Gasteiger charge is -2.21. The Morgan fingerprint density at radius 2 is 0.929 bits per heavy atom. The van der Waals surface area contributed by atoms with Gasteiger partial charge in [-0.3, -0.25) is 20.4 Å². The Hall–Kier alpha value is -4.81. The van der Waals surface area contributed by atoms with E-state index < -0.39 is 42.1 Å². The fourth-order valence-electron chi connectivity index (χ4n) is 3.66. The van der Waals surface area contributed by atoms with Gasteiger partial charge in [0.1, 0.15) is 25.3 Å². The van der Waals surface area contributed by atoms with Gasteiger partial charge in [-0.25, -0.2) is 25.2 Å². The molecule has 2 atom stereocenters. The molecule has 0 bridgehead atoms. The van der Waals surface area contributed by atoms with Crippen molar-refractivity contribution in [3.05, 3.63) is 71.8 Å². The molecule has 0 saturated heterocycles. The highest BCUT2D eigenvalue weighted by atomic mass is 16.6. The molecule has 0 radical (unpaired) electrons. The lowest BCUT2D eigenvalue weighted by atomic mass is 10.0. The molecule has 6 N–H and O–H groups in total. The summed E-state index contributed by atoms with van der Waals surface area (Å²) in [4.78, 5) is 62.1. The van der Waals surface area contributed by atoms with Gasteiger partial charge in [0.15, 0.2) is 0 Å². The molecule has 0 saturated carbocycles. The molecule has 2 rings (SSSR count). The predicted molar refractivity (Wildman–Crippen MR) is 154 cm³/mol. The first-order valence-electron chi connectivity index (χ1n) is 13.6. The van der Waals surface area contributed by atoms with Crippen molar-refractivity contribution < 1.29 is 33.4 Å². The van der Waals surface area contributed by atoms with Crippen LogP contribution in [0.15, 0.2) is 60.7 Å². The third-order valence-corrected chi connectivity index (χ3v) is 5.66. The normalized spacial score (nSPS) is 12.0. The highest BCUT2D eigenvalue weighted by molar-refractivity contribution is 5.89. The minimum atomic E-state index is -0.996. The second kappa shape index (κ2) is 17.8. The third-order valence-electron chi connectivity index (χ3n) is 5.66. The van der Waals surface area contributed by atoms with Gasteiger partial charge in [-0.2, -0.15) is 0 Å². The molecule has 0 aliphatic rings. The van der Waals surface area contributed by atoms with Gasteiger partial charge in [0.25, 0.3) is 11.8 Å². The van der Waals surface area contributed by atoms with Crippen molar-refractivity contribution in [1.82, 2.24) is 32.3 Å². The lowest BCUT2D eigenvalue weighted by Crippen LogP contribution is -2.58. The molecule has 2 aromatic rings. The standard InChI is InChI=1S/C29H40N6O7/c1-19(2)15-23(30-28(39)41-17-21-11-7-5-8-12-21)25(36)32-34-27(38)35-33-26(37)24(16-20(3)4)31-29(40)42-18-22-13-9-6-10-14-22/h5-14,19-20,23-24H,15-18H2,1-4H3,(H,30,39)(H,31,40)(H,32,36)(H,33,37)(H2,34,35,38). The van der Waals surface area contributed by atoms with E-state index in [1.165, 1.54) is 0 Å².